The average molecular weight is 399 g/mol. The maximum absolute atomic E-state index is 12.3. The van der Waals surface area contributed by atoms with E-state index in [1.165, 1.54) is 0 Å². The first-order valence-electron chi connectivity index (χ1n) is 8.69. The molecule has 2 aromatic carbocycles. The van der Waals surface area contributed by atoms with E-state index in [4.69, 9.17) is 20.8 Å². The molecule has 28 heavy (non-hydrogen) atoms. The van der Waals surface area contributed by atoms with E-state index in [-0.39, 0.29) is 11.7 Å². The molecular formula is C21H19ClN2O4. The zero-order chi connectivity index (χ0) is 20.1. The van der Waals surface area contributed by atoms with Crippen LogP contribution in [0.15, 0.2) is 59.0 Å². The van der Waals surface area contributed by atoms with Crippen molar-refractivity contribution in [1.29, 1.82) is 0 Å². The number of carbonyl (C=O) groups excluding carboxylic acids is 2. The number of nitrogens with zero attached hydrogens (tertiary/aromatic N) is 1. The lowest BCUT2D eigenvalue weighted by Crippen LogP contribution is -2.31. The standard InChI is InChI=1S/C21H19ClN2O4/c1-13(15-8-10-17(22)11-9-15)23-18(25)12-27-21(26)19-14(2)28-20(24-19)16-6-4-3-5-7-16/h3-11,13H,12H2,1-2H3,(H,23,25)/t13-/m1/s1. The molecule has 1 aromatic heterocycles. The van der Waals surface area contributed by atoms with E-state index in [9.17, 15) is 9.59 Å². The second-order valence-corrected chi connectivity index (χ2v) is 6.64. The van der Waals surface area contributed by atoms with E-state index in [1.54, 1.807) is 19.1 Å². The number of esters is 1. The predicted octanol–water partition coefficient (Wildman–Crippen LogP) is 4.34. The lowest BCUT2D eigenvalue weighted by atomic mass is 10.1. The molecule has 3 rings (SSSR count). The molecule has 1 heterocycles. The molecule has 0 spiro atoms. The molecule has 0 aliphatic rings. The second-order valence-electron chi connectivity index (χ2n) is 6.21. The van der Waals surface area contributed by atoms with Crippen molar-refractivity contribution in [2.45, 2.75) is 19.9 Å². The Labute approximate surface area is 167 Å². The highest BCUT2D eigenvalue weighted by Crippen LogP contribution is 2.22. The third kappa shape index (κ3) is 4.78. The van der Waals surface area contributed by atoms with E-state index in [0.717, 1.165) is 11.1 Å². The van der Waals surface area contributed by atoms with Crippen molar-refractivity contribution in [2.75, 3.05) is 6.61 Å². The fourth-order valence-electron chi connectivity index (χ4n) is 2.61. The molecule has 144 valence electrons. The molecule has 0 saturated heterocycles. The Morgan fingerprint density at radius 1 is 1.14 bits per heavy atom. The summed E-state index contributed by atoms with van der Waals surface area (Å²) in [6, 6.07) is 16.1. The number of aryl methyl sites for hydroxylation is 1. The minimum atomic E-state index is -0.710. The van der Waals surface area contributed by atoms with Gasteiger partial charge in [0.2, 0.25) is 5.89 Å². The number of carbonyl (C=O) groups is 2. The summed E-state index contributed by atoms with van der Waals surface area (Å²) in [6.45, 7) is 3.04. The van der Waals surface area contributed by atoms with Gasteiger partial charge in [-0.05, 0) is 43.7 Å². The van der Waals surface area contributed by atoms with E-state index >= 15 is 0 Å². The maximum Gasteiger partial charge on any atom is 0.361 e. The van der Waals surface area contributed by atoms with Crippen molar-refractivity contribution < 1.29 is 18.7 Å². The number of nitrogens with one attached hydrogen (secondary N) is 1. The summed E-state index contributed by atoms with van der Waals surface area (Å²) < 4.78 is 10.6. The number of halogens is 1. The van der Waals surface area contributed by atoms with Crippen LogP contribution in [-0.4, -0.2) is 23.5 Å². The topological polar surface area (TPSA) is 81.4 Å². The second kappa shape index (κ2) is 8.71. The summed E-state index contributed by atoms with van der Waals surface area (Å²) in [6.07, 6.45) is 0. The van der Waals surface area contributed by atoms with Crippen LogP contribution in [0.3, 0.4) is 0 Å². The number of rotatable bonds is 6. The predicted molar refractivity (Wildman–Crippen MR) is 105 cm³/mol. The summed E-state index contributed by atoms with van der Waals surface area (Å²) in [5.74, 6) is -0.470. The number of ether oxygens (including phenoxy) is 1. The maximum atomic E-state index is 12.3. The summed E-state index contributed by atoms with van der Waals surface area (Å²) in [5.41, 5.74) is 1.69. The van der Waals surface area contributed by atoms with Crippen LogP contribution in [0.5, 0.6) is 0 Å². The van der Waals surface area contributed by atoms with Gasteiger partial charge in [-0.1, -0.05) is 41.9 Å². The average Bonchev–Trinajstić information content (AvgIpc) is 3.09. The number of hydrogen-bond acceptors (Lipinski definition) is 5. The third-order valence-electron chi connectivity index (χ3n) is 4.09. The van der Waals surface area contributed by atoms with Crippen molar-refractivity contribution in [2.24, 2.45) is 0 Å². The van der Waals surface area contributed by atoms with Gasteiger partial charge in [0.25, 0.3) is 5.91 Å². The third-order valence-corrected chi connectivity index (χ3v) is 4.34. The van der Waals surface area contributed by atoms with Crippen LogP contribution in [0.4, 0.5) is 0 Å². The van der Waals surface area contributed by atoms with Gasteiger partial charge in [0, 0.05) is 10.6 Å². The Hall–Kier alpha value is -3.12. The Balaban J connectivity index is 1.57. The van der Waals surface area contributed by atoms with Crippen LogP contribution < -0.4 is 5.32 Å². The SMILES string of the molecule is Cc1oc(-c2ccccc2)nc1C(=O)OCC(=O)N[C@H](C)c1ccc(Cl)cc1. The summed E-state index contributed by atoms with van der Waals surface area (Å²) in [5, 5.41) is 3.38. The fourth-order valence-corrected chi connectivity index (χ4v) is 2.73. The molecule has 7 heteroatoms. The molecule has 0 bridgehead atoms. The van der Waals surface area contributed by atoms with Gasteiger partial charge in [-0.15, -0.1) is 0 Å². The van der Waals surface area contributed by atoms with Gasteiger partial charge in [-0.2, -0.15) is 0 Å². The molecule has 1 amide bonds. The van der Waals surface area contributed by atoms with E-state index < -0.39 is 18.5 Å². The summed E-state index contributed by atoms with van der Waals surface area (Å²) in [7, 11) is 0. The van der Waals surface area contributed by atoms with Crippen molar-refractivity contribution in [3.63, 3.8) is 0 Å². The molecule has 0 saturated carbocycles. The van der Waals surface area contributed by atoms with Crippen LogP contribution in [-0.2, 0) is 9.53 Å². The fraction of sp³-hybridized carbons (Fsp3) is 0.190. The molecule has 6 nitrogen and oxygen atoms in total. The summed E-state index contributed by atoms with van der Waals surface area (Å²) >= 11 is 5.86. The van der Waals surface area contributed by atoms with E-state index in [2.05, 4.69) is 10.3 Å². The Kier molecular flexibility index (Phi) is 6.11. The minimum Gasteiger partial charge on any atom is -0.451 e. The monoisotopic (exact) mass is 398 g/mol. The van der Waals surface area contributed by atoms with E-state index in [0.29, 0.717) is 16.7 Å². The highest BCUT2D eigenvalue weighted by atomic mass is 35.5. The van der Waals surface area contributed by atoms with Gasteiger partial charge >= 0.3 is 5.97 Å². The first-order valence-corrected chi connectivity index (χ1v) is 9.06. The molecule has 3 aromatic rings. The molecule has 0 aliphatic carbocycles. The van der Waals surface area contributed by atoms with Gasteiger partial charge in [0.05, 0.1) is 6.04 Å². The van der Waals surface area contributed by atoms with Crippen LogP contribution in [0.25, 0.3) is 11.5 Å². The first-order chi connectivity index (χ1) is 13.4. The van der Waals surface area contributed by atoms with Gasteiger partial charge < -0.3 is 14.5 Å². The van der Waals surface area contributed by atoms with Gasteiger partial charge in [-0.3, -0.25) is 4.79 Å². The molecule has 1 N–H and O–H groups in total. The van der Waals surface area contributed by atoms with Crippen molar-refractivity contribution in [1.82, 2.24) is 10.3 Å². The van der Waals surface area contributed by atoms with Crippen LogP contribution >= 0.6 is 11.6 Å². The lowest BCUT2D eigenvalue weighted by Gasteiger charge is -2.14. The lowest BCUT2D eigenvalue weighted by molar-refractivity contribution is -0.124. The van der Waals surface area contributed by atoms with Crippen LogP contribution in [0, 0.1) is 6.92 Å². The van der Waals surface area contributed by atoms with Gasteiger partial charge in [-0.25, -0.2) is 9.78 Å². The molecular weight excluding hydrogens is 380 g/mol. The molecule has 0 fully saturated rings. The van der Waals surface area contributed by atoms with Crippen LogP contribution in [0.2, 0.25) is 5.02 Å². The number of amides is 1. The van der Waals surface area contributed by atoms with Crippen LogP contribution in [0.1, 0.15) is 34.8 Å². The Morgan fingerprint density at radius 2 is 1.82 bits per heavy atom. The number of benzene rings is 2. The highest BCUT2D eigenvalue weighted by Gasteiger charge is 2.20. The number of aromatic nitrogens is 1. The number of hydrogen-bond donors (Lipinski definition) is 1. The molecule has 0 aliphatic heterocycles. The minimum absolute atomic E-state index is 0.0532. The van der Waals surface area contributed by atoms with Crippen molar-refractivity contribution in [3.8, 4) is 11.5 Å². The highest BCUT2D eigenvalue weighted by molar-refractivity contribution is 6.30. The molecule has 1 atom stereocenters. The van der Waals surface area contributed by atoms with Gasteiger partial charge in [0.1, 0.15) is 5.76 Å². The summed E-state index contributed by atoms with van der Waals surface area (Å²) in [4.78, 5) is 28.5. The molecule has 0 radical (unpaired) electrons. The van der Waals surface area contributed by atoms with Crippen molar-refractivity contribution in [3.05, 3.63) is 76.6 Å². The zero-order valence-electron chi connectivity index (χ0n) is 15.4. The largest absolute Gasteiger partial charge is 0.451 e. The van der Waals surface area contributed by atoms with Crippen molar-refractivity contribution >= 4 is 23.5 Å². The molecule has 0 unspecified atom stereocenters. The Bertz CT molecular complexity index is 968. The van der Waals surface area contributed by atoms with E-state index in [1.807, 2.05) is 49.4 Å². The quantitative estimate of drug-likeness (QED) is 0.625. The normalized spacial score (nSPS) is 11.7. The Morgan fingerprint density at radius 3 is 2.50 bits per heavy atom. The zero-order valence-corrected chi connectivity index (χ0v) is 16.2. The smallest absolute Gasteiger partial charge is 0.361 e. The van der Waals surface area contributed by atoms with Gasteiger partial charge in [0.15, 0.2) is 12.3 Å². The number of oxazole rings is 1. The first kappa shape index (κ1) is 19.6.